The number of likely N-dealkylation sites (tertiary alicyclic amines) is 1. The van der Waals surface area contributed by atoms with Crippen molar-refractivity contribution in [2.75, 3.05) is 39.3 Å². The molecule has 0 bridgehead atoms. The molecular weight excluding hydrogens is 210 g/mol. The second kappa shape index (κ2) is 5.25. The molecule has 3 unspecified atom stereocenters. The summed E-state index contributed by atoms with van der Waals surface area (Å²) in [6, 6.07) is 1.80. The van der Waals surface area contributed by atoms with E-state index in [0.29, 0.717) is 0 Å². The summed E-state index contributed by atoms with van der Waals surface area (Å²) in [5, 5.41) is 3.51. The Morgan fingerprint density at radius 2 is 1.82 bits per heavy atom. The van der Waals surface area contributed by atoms with Gasteiger partial charge in [-0.05, 0) is 57.8 Å². The standard InChI is InChI=1S/C14H27N3/c1-2-15-10-12-5-8-17(11-12)14-6-9-16-7-3-4-13(14)16/h12-15H,2-11H2,1H3. The monoisotopic (exact) mass is 237 g/mol. The molecule has 3 nitrogen and oxygen atoms in total. The van der Waals surface area contributed by atoms with Crippen LogP contribution in [0.3, 0.4) is 0 Å². The van der Waals surface area contributed by atoms with Gasteiger partial charge in [-0.1, -0.05) is 6.92 Å². The van der Waals surface area contributed by atoms with Crippen LogP contribution in [0.4, 0.5) is 0 Å². The number of hydrogen-bond donors (Lipinski definition) is 1. The molecule has 0 amide bonds. The molecule has 3 heteroatoms. The fraction of sp³-hybridized carbons (Fsp3) is 1.00. The van der Waals surface area contributed by atoms with Crippen LogP contribution in [-0.2, 0) is 0 Å². The van der Waals surface area contributed by atoms with Crippen molar-refractivity contribution in [2.45, 2.75) is 44.7 Å². The maximum absolute atomic E-state index is 3.51. The zero-order valence-corrected chi connectivity index (χ0v) is 11.2. The molecule has 3 aliphatic rings. The normalized spacial score (nSPS) is 39.0. The summed E-state index contributed by atoms with van der Waals surface area (Å²) in [5.41, 5.74) is 0. The Bertz CT molecular complexity index is 256. The van der Waals surface area contributed by atoms with Crippen molar-refractivity contribution >= 4 is 0 Å². The summed E-state index contributed by atoms with van der Waals surface area (Å²) < 4.78 is 0. The summed E-state index contributed by atoms with van der Waals surface area (Å²) in [5.74, 6) is 0.908. The maximum Gasteiger partial charge on any atom is 0.0263 e. The number of hydrogen-bond acceptors (Lipinski definition) is 3. The van der Waals surface area contributed by atoms with Gasteiger partial charge in [0.25, 0.3) is 0 Å². The van der Waals surface area contributed by atoms with Crippen molar-refractivity contribution < 1.29 is 0 Å². The van der Waals surface area contributed by atoms with Crippen LogP contribution < -0.4 is 5.32 Å². The summed E-state index contributed by atoms with van der Waals surface area (Å²) in [4.78, 5) is 5.54. The molecule has 3 aliphatic heterocycles. The lowest BCUT2D eigenvalue weighted by atomic mass is 10.1. The summed E-state index contributed by atoms with van der Waals surface area (Å²) in [6.45, 7) is 10.00. The second-order valence-corrected chi connectivity index (χ2v) is 6.06. The predicted octanol–water partition coefficient (Wildman–Crippen LogP) is 1.15. The van der Waals surface area contributed by atoms with Gasteiger partial charge in [0.05, 0.1) is 0 Å². The average molecular weight is 237 g/mol. The minimum Gasteiger partial charge on any atom is -0.317 e. The molecule has 0 saturated carbocycles. The predicted molar refractivity (Wildman–Crippen MR) is 71.2 cm³/mol. The van der Waals surface area contributed by atoms with Crippen molar-refractivity contribution in [1.29, 1.82) is 0 Å². The first-order valence-corrected chi connectivity index (χ1v) is 7.57. The minimum atomic E-state index is 0.893. The molecule has 3 saturated heterocycles. The molecule has 0 aromatic rings. The number of nitrogens with one attached hydrogen (secondary N) is 1. The first-order valence-electron chi connectivity index (χ1n) is 7.57. The van der Waals surface area contributed by atoms with E-state index in [9.17, 15) is 0 Å². The van der Waals surface area contributed by atoms with Gasteiger partial charge in [0.1, 0.15) is 0 Å². The molecule has 0 radical (unpaired) electrons. The second-order valence-electron chi connectivity index (χ2n) is 6.06. The van der Waals surface area contributed by atoms with Gasteiger partial charge in [0, 0.05) is 25.2 Å². The van der Waals surface area contributed by atoms with E-state index in [-0.39, 0.29) is 0 Å². The van der Waals surface area contributed by atoms with Crippen molar-refractivity contribution in [2.24, 2.45) is 5.92 Å². The quantitative estimate of drug-likeness (QED) is 0.791. The lowest BCUT2D eigenvalue weighted by Gasteiger charge is -2.29. The molecule has 0 spiro atoms. The minimum absolute atomic E-state index is 0.893. The Labute approximate surface area is 106 Å². The average Bonchev–Trinajstić information content (AvgIpc) is 3.01. The Hall–Kier alpha value is -0.120. The van der Waals surface area contributed by atoms with Crippen LogP contribution >= 0.6 is 0 Å². The highest BCUT2D eigenvalue weighted by Gasteiger charge is 2.41. The van der Waals surface area contributed by atoms with E-state index in [4.69, 9.17) is 0 Å². The van der Waals surface area contributed by atoms with Crippen molar-refractivity contribution in [1.82, 2.24) is 15.1 Å². The van der Waals surface area contributed by atoms with E-state index in [0.717, 1.165) is 24.5 Å². The Balaban J connectivity index is 1.52. The summed E-state index contributed by atoms with van der Waals surface area (Å²) in [7, 11) is 0. The zero-order valence-electron chi connectivity index (χ0n) is 11.2. The third-order valence-electron chi connectivity index (χ3n) is 5.04. The van der Waals surface area contributed by atoms with Crippen LogP contribution in [0.25, 0.3) is 0 Å². The largest absolute Gasteiger partial charge is 0.317 e. The van der Waals surface area contributed by atoms with Gasteiger partial charge in [0.2, 0.25) is 0 Å². The van der Waals surface area contributed by atoms with Crippen LogP contribution in [0.15, 0.2) is 0 Å². The summed E-state index contributed by atoms with van der Waals surface area (Å²) >= 11 is 0. The van der Waals surface area contributed by atoms with Gasteiger partial charge >= 0.3 is 0 Å². The van der Waals surface area contributed by atoms with E-state index >= 15 is 0 Å². The van der Waals surface area contributed by atoms with Gasteiger partial charge in [-0.2, -0.15) is 0 Å². The molecule has 3 fully saturated rings. The van der Waals surface area contributed by atoms with E-state index in [1.165, 1.54) is 58.4 Å². The number of nitrogens with zero attached hydrogens (tertiary/aromatic N) is 2. The van der Waals surface area contributed by atoms with Gasteiger partial charge in [-0.15, -0.1) is 0 Å². The van der Waals surface area contributed by atoms with Crippen molar-refractivity contribution in [3.8, 4) is 0 Å². The lowest BCUT2D eigenvalue weighted by molar-refractivity contribution is 0.186. The fourth-order valence-corrected chi connectivity index (χ4v) is 4.16. The van der Waals surface area contributed by atoms with Crippen LogP contribution in [0.5, 0.6) is 0 Å². The third kappa shape index (κ3) is 2.38. The van der Waals surface area contributed by atoms with Gasteiger partial charge in [-0.25, -0.2) is 0 Å². The topological polar surface area (TPSA) is 18.5 Å². The lowest BCUT2D eigenvalue weighted by Crippen LogP contribution is -2.41. The van der Waals surface area contributed by atoms with Crippen LogP contribution in [0.2, 0.25) is 0 Å². The molecule has 3 heterocycles. The van der Waals surface area contributed by atoms with Gasteiger partial charge in [0.15, 0.2) is 0 Å². The van der Waals surface area contributed by atoms with Gasteiger partial charge in [-0.3, -0.25) is 9.80 Å². The molecule has 0 aromatic heterocycles. The first kappa shape index (κ1) is 11.9. The Morgan fingerprint density at radius 3 is 2.71 bits per heavy atom. The zero-order chi connectivity index (χ0) is 11.7. The first-order chi connectivity index (χ1) is 8.38. The molecular formula is C14H27N3. The van der Waals surface area contributed by atoms with E-state index in [1.807, 2.05) is 0 Å². The molecule has 1 N–H and O–H groups in total. The van der Waals surface area contributed by atoms with Crippen LogP contribution in [0.1, 0.15) is 32.6 Å². The SMILES string of the molecule is CCNCC1CCN(C2CCN3CCCC23)C1. The van der Waals surface area contributed by atoms with Crippen LogP contribution in [-0.4, -0.2) is 61.2 Å². The van der Waals surface area contributed by atoms with Crippen LogP contribution in [0, 0.1) is 5.92 Å². The van der Waals surface area contributed by atoms with E-state index in [2.05, 4.69) is 22.0 Å². The highest BCUT2D eigenvalue weighted by atomic mass is 15.3. The molecule has 3 atom stereocenters. The highest BCUT2D eigenvalue weighted by molar-refractivity contribution is 4.98. The maximum atomic E-state index is 3.51. The number of rotatable bonds is 4. The molecule has 0 aliphatic carbocycles. The third-order valence-corrected chi connectivity index (χ3v) is 5.04. The molecule has 17 heavy (non-hydrogen) atoms. The fourth-order valence-electron chi connectivity index (χ4n) is 4.16. The smallest absolute Gasteiger partial charge is 0.0263 e. The van der Waals surface area contributed by atoms with Gasteiger partial charge < -0.3 is 5.32 Å². The molecule has 3 rings (SSSR count). The Kier molecular flexibility index (Phi) is 3.69. The Morgan fingerprint density at radius 1 is 1.00 bits per heavy atom. The highest BCUT2D eigenvalue weighted by Crippen LogP contribution is 2.33. The van der Waals surface area contributed by atoms with E-state index in [1.54, 1.807) is 0 Å². The van der Waals surface area contributed by atoms with E-state index < -0.39 is 0 Å². The molecule has 0 aromatic carbocycles. The molecule has 98 valence electrons. The van der Waals surface area contributed by atoms with Crippen molar-refractivity contribution in [3.63, 3.8) is 0 Å². The number of fused-ring (bicyclic) bond motifs is 1. The van der Waals surface area contributed by atoms with Crippen molar-refractivity contribution in [3.05, 3.63) is 0 Å². The summed E-state index contributed by atoms with van der Waals surface area (Å²) in [6.07, 6.45) is 5.74.